The molecule has 3 atom stereocenters. The second-order valence-electron chi connectivity index (χ2n) is 5.80. The average molecular weight is 278 g/mol. The number of hydrogen-bond donors (Lipinski definition) is 1. The summed E-state index contributed by atoms with van der Waals surface area (Å²) in [5.74, 6) is 0.907. The smallest absolute Gasteiger partial charge is 0.246 e. The van der Waals surface area contributed by atoms with Gasteiger partial charge in [0.05, 0.1) is 12.3 Å². The van der Waals surface area contributed by atoms with E-state index < -0.39 is 12.1 Å². The summed E-state index contributed by atoms with van der Waals surface area (Å²) in [5, 5.41) is 2.82. The van der Waals surface area contributed by atoms with Crippen molar-refractivity contribution in [2.45, 2.75) is 52.2 Å². The number of furan rings is 1. The van der Waals surface area contributed by atoms with Gasteiger partial charge in [-0.05, 0) is 38.3 Å². The van der Waals surface area contributed by atoms with Gasteiger partial charge in [0, 0.05) is 0 Å². The van der Waals surface area contributed by atoms with Crippen LogP contribution in [0.1, 0.15) is 45.9 Å². The fraction of sp³-hybridized carbons (Fsp3) is 0.600. The number of piperazine rings is 1. The van der Waals surface area contributed by atoms with E-state index in [-0.39, 0.29) is 17.9 Å². The van der Waals surface area contributed by atoms with Crippen LogP contribution in [0.2, 0.25) is 0 Å². The Kier molecular flexibility index (Phi) is 4.16. The molecule has 1 aliphatic heterocycles. The normalized spacial score (nSPS) is 24.9. The molecule has 5 nitrogen and oxygen atoms in total. The molecule has 0 aliphatic carbocycles. The van der Waals surface area contributed by atoms with Crippen LogP contribution >= 0.6 is 0 Å². The molecule has 2 amide bonds. The fourth-order valence-corrected chi connectivity index (χ4v) is 2.67. The van der Waals surface area contributed by atoms with E-state index in [9.17, 15) is 9.59 Å². The molecule has 1 saturated heterocycles. The number of carbonyl (C=O) groups is 2. The Morgan fingerprint density at radius 1 is 1.35 bits per heavy atom. The first-order valence-electron chi connectivity index (χ1n) is 7.07. The molecule has 1 N–H and O–H groups in total. The highest BCUT2D eigenvalue weighted by molar-refractivity contribution is 5.96. The maximum absolute atomic E-state index is 12.6. The van der Waals surface area contributed by atoms with Gasteiger partial charge in [-0.1, -0.05) is 13.8 Å². The molecule has 5 heteroatoms. The molecular weight excluding hydrogens is 256 g/mol. The fourth-order valence-electron chi connectivity index (χ4n) is 2.67. The summed E-state index contributed by atoms with van der Waals surface area (Å²) in [6, 6.07) is 2.46. The first kappa shape index (κ1) is 14.6. The summed E-state index contributed by atoms with van der Waals surface area (Å²) < 4.78 is 5.37. The number of rotatable bonds is 4. The summed E-state index contributed by atoms with van der Waals surface area (Å²) in [6.45, 7) is 7.71. The molecule has 1 aromatic heterocycles. The summed E-state index contributed by atoms with van der Waals surface area (Å²) in [4.78, 5) is 26.3. The quantitative estimate of drug-likeness (QED) is 0.917. The molecule has 0 saturated carbocycles. The van der Waals surface area contributed by atoms with Crippen LogP contribution in [0.3, 0.4) is 0 Å². The van der Waals surface area contributed by atoms with E-state index in [0.717, 1.165) is 0 Å². The van der Waals surface area contributed by atoms with Gasteiger partial charge in [-0.25, -0.2) is 0 Å². The molecular formula is C15H22N2O3. The van der Waals surface area contributed by atoms with Gasteiger partial charge in [0.25, 0.3) is 0 Å². The molecule has 2 heterocycles. The zero-order valence-electron chi connectivity index (χ0n) is 12.4. The van der Waals surface area contributed by atoms with Crippen LogP contribution in [-0.4, -0.2) is 28.8 Å². The maximum atomic E-state index is 12.6. The van der Waals surface area contributed by atoms with Gasteiger partial charge in [-0.2, -0.15) is 0 Å². The van der Waals surface area contributed by atoms with Gasteiger partial charge in [0.2, 0.25) is 11.8 Å². The highest BCUT2D eigenvalue weighted by atomic mass is 16.3. The average Bonchev–Trinajstić information content (AvgIpc) is 2.89. The van der Waals surface area contributed by atoms with Crippen molar-refractivity contribution in [3.05, 3.63) is 24.2 Å². The highest BCUT2D eigenvalue weighted by Gasteiger charge is 2.41. The van der Waals surface area contributed by atoms with E-state index in [4.69, 9.17) is 4.42 Å². The molecule has 2 rings (SSSR count). The Balaban J connectivity index is 2.24. The lowest BCUT2D eigenvalue weighted by Crippen LogP contribution is -2.62. The molecule has 0 radical (unpaired) electrons. The molecule has 0 bridgehead atoms. The summed E-state index contributed by atoms with van der Waals surface area (Å²) in [7, 11) is 0. The van der Waals surface area contributed by atoms with Gasteiger partial charge < -0.3 is 14.6 Å². The lowest BCUT2D eigenvalue weighted by molar-refractivity contribution is -0.152. The molecule has 1 fully saturated rings. The van der Waals surface area contributed by atoms with Crippen molar-refractivity contribution in [2.75, 3.05) is 0 Å². The molecule has 1 aliphatic rings. The summed E-state index contributed by atoms with van der Waals surface area (Å²) >= 11 is 0. The minimum Gasteiger partial charge on any atom is -0.467 e. The predicted octanol–water partition coefficient (Wildman–Crippen LogP) is 2.10. The van der Waals surface area contributed by atoms with Gasteiger partial charge >= 0.3 is 0 Å². The molecule has 20 heavy (non-hydrogen) atoms. The van der Waals surface area contributed by atoms with Crippen molar-refractivity contribution in [1.82, 2.24) is 10.2 Å². The topological polar surface area (TPSA) is 62.6 Å². The minimum absolute atomic E-state index is 0.0327. The summed E-state index contributed by atoms with van der Waals surface area (Å²) in [5.41, 5.74) is 0. The van der Waals surface area contributed by atoms with E-state index in [2.05, 4.69) is 5.32 Å². The van der Waals surface area contributed by atoms with E-state index in [1.807, 2.05) is 26.8 Å². The molecule has 1 aromatic rings. The van der Waals surface area contributed by atoms with E-state index in [0.29, 0.717) is 18.1 Å². The lowest BCUT2D eigenvalue weighted by atomic mass is 9.97. The Morgan fingerprint density at radius 3 is 2.60 bits per heavy atom. The lowest BCUT2D eigenvalue weighted by Gasteiger charge is -2.40. The Hall–Kier alpha value is -1.78. The van der Waals surface area contributed by atoms with Crippen molar-refractivity contribution in [2.24, 2.45) is 5.92 Å². The molecule has 3 unspecified atom stereocenters. The first-order valence-corrected chi connectivity index (χ1v) is 7.07. The number of hydrogen-bond acceptors (Lipinski definition) is 3. The molecule has 110 valence electrons. The van der Waals surface area contributed by atoms with Crippen LogP contribution in [0.25, 0.3) is 0 Å². The second-order valence-corrected chi connectivity index (χ2v) is 5.80. The zero-order valence-corrected chi connectivity index (χ0v) is 12.4. The van der Waals surface area contributed by atoms with Gasteiger partial charge in [0.15, 0.2) is 0 Å². The first-order chi connectivity index (χ1) is 9.41. The third-order valence-corrected chi connectivity index (χ3v) is 3.75. The van der Waals surface area contributed by atoms with Crippen molar-refractivity contribution >= 4 is 11.8 Å². The van der Waals surface area contributed by atoms with Gasteiger partial charge in [-0.3, -0.25) is 9.59 Å². The largest absolute Gasteiger partial charge is 0.467 e. The number of nitrogens with zero attached hydrogens (tertiary/aromatic N) is 1. The van der Waals surface area contributed by atoms with Crippen molar-refractivity contribution in [3.8, 4) is 0 Å². The maximum Gasteiger partial charge on any atom is 0.246 e. The van der Waals surface area contributed by atoms with E-state index >= 15 is 0 Å². The Labute approximate surface area is 119 Å². The SMILES string of the molecule is CC(C)CC1NC(=O)C(C)N(C(C)c2ccco2)C1=O. The number of nitrogens with one attached hydrogen (secondary N) is 1. The third-order valence-electron chi connectivity index (χ3n) is 3.75. The zero-order chi connectivity index (χ0) is 14.9. The number of carbonyl (C=O) groups excluding carboxylic acids is 2. The van der Waals surface area contributed by atoms with Crippen molar-refractivity contribution < 1.29 is 14.0 Å². The molecule has 0 spiro atoms. The van der Waals surface area contributed by atoms with Crippen LogP contribution in [0.4, 0.5) is 0 Å². The molecule has 0 aromatic carbocycles. The highest BCUT2D eigenvalue weighted by Crippen LogP contribution is 2.27. The van der Waals surface area contributed by atoms with Crippen LogP contribution < -0.4 is 5.32 Å². The monoisotopic (exact) mass is 278 g/mol. The standard InChI is InChI=1S/C15H22N2O3/c1-9(2)8-12-15(19)17(11(4)14(18)16-12)10(3)13-6-5-7-20-13/h5-7,9-12H,8H2,1-4H3,(H,16,18). The van der Waals surface area contributed by atoms with Crippen LogP contribution in [0, 0.1) is 5.92 Å². The number of amides is 2. The second kappa shape index (κ2) is 5.69. The van der Waals surface area contributed by atoms with Crippen LogP contribution in [0.15, 0.2) is 22.8 Å². The van der Waals surface area contributed by atoms with E-state index in [1.54, 1.807) is 24.2 Å². The van der Waals surface area contributed by atoms with Gasteiger partial charge in [-0.15, -0.1) is 0 Å². The Bertz CT molecular complexity index is 481. The predicted molar refractivity (Wildman–Crippen MR) is 74.8 cm³/mol. The Morgan fingerprint density at radius 2 is 2.05 bits per heavy atom. The van der Waals surface area contributed by atoms with E-state index in [1.165, 1.54) is 0 Å². The van der Waals surface area contributed by atoms with Crippen molar-refractivity contribution in [3.63, 3.8) is 0 Å². The van der Waals surface area contributed by atoms with Crippen molar-refractivity contribution in [1.29, 1.82) is 0 Å². The summed E-state index contributed by atoms with van der Waals surface area (Å²) in [6.07, 6.45) is 2.23. The van der Waals surface area contributed by atoms with Crippen LogP contribution in [0.5, 0.6) is 0 Å². The van der Waals surface area contributed by atoms with Crippen LogP contribution in [-0.2, 0) is 9.59 Å². The minimum atomic E-state index is -0.481. The third kappa shape index (κ3) is 2.71. The van der Waals surface area contributed by atoms with Gasteiger partial charge in [0.1, 0.15) is 17.8 Å².